The Bertz CT molecular complexity index is 284. The topological polar surface area (TPSA) is 26.0 Å². The van der Waals surface area contributed by atoms with Crippen molar-refractivity contribution in [3.8, 4) is 0 Å². The van der Waals surface area contributed by atoms with Crippen molar-refractivity contribution in [3.63, 3.8) is 0 Å². The van der Waals surface area contributed by atoms with Gasteiger partial charge >= 0.3 is 0 Å². The summed E-state index contributed by atoms with van der Waals surface area (Å²) in [4.78, 5) is 0. The van der Waals surface area contributed by atoms with Crippen LogP contribution in [0, 0.1) is 0 Å². The van der Waals surface area contributed by atoms with E-state index >= 15 is 0 Å². The molecule has 0 saturated carbocycles. The zero-order chi connectivity index (χ0) is 10.8. The Kier molecular flexibility index (Phi) is 3.27. The summed E-state index contributed by atoms with van der Waals surface area (Å²) in [6.45, 7) is 5.94. The van der Waals surface area contributed by atoms with Crippen LogP contribution in [0.1, 0.15) is 37.9 Å². The lowest BCUT2D eigenvalue weighted by Gasteiger charge is -2.19. The van der Waals surface area contributed by atoms with Gasteiger partial charge in [0.2, 0.25) is 0 Å². The summed E-state index contributed by atoms with van der Waals surface area (Å²) in [5, 5.41) is 0. The van der Waals surface area contributed by atoms with Crippen LogP contribution in [0.2, 0.25) is 0 Å². The quantitative estimate of drug-likeness (QED) is 0.771. The minimum Gasteiger partial charge on any atom is -0.322 e. The molecule has 1 nitrogen and oxygen atoms in total. The van der Waals surface area contributed by atoms with Gasteiger partial charge in [0.05, 0.1) is 6.04 Å². The molecule has 1 aromatic carbocycles. The summed E-state index contributed by atoms with van der Waals surface area (Å²) in [5.41, 5.74) is 7.82. The van der Waals surface area contributed by atoms with E-state index in [9.17, 15) is 4.39 Å². The van der Waals surface area contributed by atoms with Crippen LogP contribution in [-0.4, -0.2) is 6.67 Å². The molecule has 0 fully saturated rings. The standard InChI is InChI=1S/C12H18FN/c1-12(2,3)10-6-4-9(5-7-10)11(14)8-13/h4-7,11H,8,14H2,1-3H3/t11-/m0/s1. The van der Waals surface area contributed by atoms with Crippen LogP contribution < -0.4 is 5.73 Å². The molecule has 1 atom stereocenters. The van der Waals surface area contributed by atoms with Crippen molar-refractivity contribution >= 4 is 0 Å². The molecule has 0 aliphatic rings. The number of rotatable bonds is 2. The highest BCUT2D eigenvalue weighted by molar-refractivity contribution is 5.29. The molecule has 2 N–H and O–H groups in total. The molecule has 1 aromatic rings. The summed E-state index contributed by atoms with van der Waals surface area (Å²) >= 11 is 0. The SMILES string of the molecule is CC(C)(C)c1ccc([C@@H](N)CF)cc1. The Morgan fingerprint density at radius 2 is 1.71 bits per heavy atom. The highest BCUT2D eigenvalue weighted by Gasteiger charge is 2.13. The third-order valence-electron chi connectivity index (χ3n) is 2.37. The number of alkyl halides is 1. The molecule has 0 radical (unpaired) electrons. The Morgan fingerprint density at radius 3 is 2.07 bits per heavy atom. The largest absolute Gasteiger partial charge is 0.322 e. The van der Waals surface area contributed by atoms with E-state index in [1.165, 1.54) is 5.56 Å². The van der Waals surface area contributed by atoms with Gasteiger partial charge in [-0.1, -0.05) is 45.0 Å². The van der Waals surface area contributed by atoms with E-state index in [1.54, 1.807) is 0 Å². The highest BCUT2D eigenvalue weighted by Crippen LogP contribution is 2.23. The van der Waals surface area contributed by atoms with Gasteiger partial charge in [-0.15, -0.1) is 0 Å². The lowest BCUT2D eigenvalue weighted by atomic mass is 9.86. The number of nitrogens with two attached hydrogens (primary N) is 1. The van der Waals surface area contributed by atoms with Gasteiger partial charge < -0.3 is 5.73 Å². The maximum Gasteiger partial charge on any atom is 0.109 e. The molecular formula is C12H18FN. The van der Waals surface area contributed by atoms with E-state index in [1.807, 2.05) is 24.3 Å². The van der Waals surface area contributed by atoms with Gasteiger partial charge in [0.1, 0.15) is 6.67 Å². The first kappa shape index (κ1) is 11.2. The molecule has 0 saturated heterocycles. The van der Waals surface area contributed by atoms with E-state index in [0.717, 1.165) is 5.56 Å². The molecule has 14 heavy (non-hydrogen) atoms. The van der Waals surface area contributed by atoms with E-state index in [4.69, 9.17) is 5.73 Å². The highest BCUT2D eigenvalue weighted by atomic mass is 19.1. The van der Waals surface area contributed by atoms with E-state index in [-0.39, 0.29) is 5.41 Å². The number of hydrogen-bond acceptors (Lipinski definition) is 1. The third kappa shape index (κ3) is 2.55. The first-order chi connectivity index (χ1) is 6.45. The van der Waals surface area contributed by atoms with Crippen molar-refractivity contribution in [2.75, 3.05) is 6.67 Å². The summed E-state index contributed by atoms with van der Waals surface area (Å²) in [6, 6.07) is 7.37. The van der Waals surface area contributed by atoms with Crippen molar-refractivity contribution in [1.29, 1.82) is 0 Å². The molecule has 78 valence electrons. The van der Waals surface area contributed by atoms with Crippen LogP contribution in [0.4, 0.5) is 4.39 Å². The Hall–Kier alpha value is -0.890. The first-order valence-electron chi connectivity index (χ1n) is 4.87. The fraction of sp³-hybridized carbons (Fsp3) is 0.500. The zero-order valence-corrected chi connectivity index (χ0v) is 9.05. The van der Waals surface area contributed by atoms with Crippen molar-refractivity contribution in [2.45, 2.75) is 32.2 Å². The van der Waals surface area contributed by atoms with Crippen LogP contribution >= 0.6 is 0 Å². The van der Waals surface area contributed by atoms with Gasteiger partial charge in [-0.2, -0.15) is 0 Å². The second-order valence-corrected chi connectivity index (χ2v) is 4.63. The van der Waals surface area contributed by atoms with Gasteiger partial charge in [0.25, 0.3) is 0 Å². The molecule has 2 heteroatoms. The average Bonchev–Trinajstić information content (AvgIpc) is 2.15. The number of benzene rings is 1. The summed E-state index contributed by atoms with van der Waals surface area (Å²) in [5.74, 6) is 0. The summed E-state index contributed by atoms with van der Waals surface area (Å²) in [7, 11) is 0. The Balaban J connectivity index is 2.89. The molecule has 0 bridgehead atoms. The van der Waals surface area contributed by atoms with Crippen LogP contribution in [-0.2, 0) is 5.41 Å². The lowest BCUT2D eigenvalue weighted by molar-refractivity contribution is 0.437. The second kappa shape index (κ2) is 4.09. The van der Waals surface area contributed by atoms with Crippen molar-refractivity contribution in [3.05, 3.63) is 35.4 Å². The molecule has 0 heterocycles. The smallest absolute Gasteiger partial charge is 0.109 e. The lowest BCUT2D eigenvalue weighted by Crippen LogP contribution is -2.14. The van der Waals surface area contributed by atoms with Gasteiger partial charge in [0.15, 0.2) is 0 Å². The first-order valence-corrected chi connectivity index (χ1v) is 4.87. The number of hydrogen-bond donors (Lipinski definition) is 1. The minimum atomic E-state index is -0.505. The zero-order valence-electron chi connectivity index (χ0n) is 9.05. The third-order valence-corrected chi connectivity index (χ3v) is 2.37. The molecule has 1 rings (SSSR count). The maximum absolute atomic E-state index is 12.3. The Morgan fingerprint density at radius 1 is 1.21 bits per heavy atom. The predicted octanol–water partition coefficient (Wildman–Crippen LogP) is 2.95. The van der Waals surface area contributed by atoms with Crippen molar-refractivity contribution in [2.24, 2.45) is 5.73 Å². The molecule has 0 unspecified atom stereocenters. The molecular weight excluding hydrogens is 177 g/mol. The van der Waals surface area contributed by atoms with Crippen molar-refractivity contribution < 1.29 is 4.39 Å². The van der Waals surface area contributed by atoms with Crippen LogP contribution in [0.25, 0.3) is 0 Å². The van der Waals surface area contributed by atoms with Crippen LogP contribution in [0.5, 0.6) is 0 Å². The van der Waals surface area contributed by atoms with Crippen molar-refractivity contribution in [1.82, 2.24) is 0 Å². The number of halogens is 1. The summed E-state index contributed by atoms with van der Waals surface area (Å²) in [6.07, 6.45) is 0. The summed E-state index contributed by atoms with van der Waals surface area (Å²) < 4.78 is 12.3. The fourth-order valence-corrected chi connectivity index (χ4v) is 1.32. The van der Waals surface area contributed by atoms with Gasteiger partial charge in [-0.05, 0) is 16.5 Å². The normalized spacial score (nSPS) is 14.1. The van der Waals surface area contributed by atoms with Gasteiger partial charge in [0, 0.05) is 0 Å². The van der Waals surface area contributed by atoms with E-state index in [0.29, 0.717) is 0 Å². The Labute approximate surface area is 85.1 Å². The minimum absolute atomic E-state index is 0.137. The van der Waals surface area contributed by atoms with Crippen LogP contribution in [0.3, 0.4) is 0 Å². The predicted molar refractivity (Wildman–Crippen MR) is 58.0 cm³/mol. The van der Waals surface area contributed by atoms with Gasteiger partial charge in [-0.3, -0.25) is 0 Å². The van der Waals surface area contributed by atoms with Crippen LogP contribution in [0.15, 0.2) is 24.3 Å². The molecule has 0 aliphatic heterocycles. The molecule has 0 aromatic heterocycles. The van der Waals surface area contributed by atoms with E-state index in [2.05, 4.69) is 20.8 Å². The average molecular weight is 195 g/mol. The second-order valence-electron chi connectivity index (χ2n) is 4.63. The maximum atomic E-state index is 12.3. The molecule has 0 aliphatic carbocycles. The van der Waals surface area contributed by atoms with E-state index < -0.39 is 12.7 Å². The fourth-order valence-electron chi connectivity index (χ4n) is 1.32. The van der Waals surface area contributed by atoms with Gasteiger partial charge in [-0.25, -0.2) is 4.39 Å². The molecule has 0 amide bonds. The monoisotopic (exact) mass is 195 g/mol. The molecule has 0 spiro atoms.